The van der Waals surface area contributed by atoms with Crippen molar-refractivity contribution in [3.8, 4) is 5.75 Å². The van der Waals surface area contributed by atoms with Gasteiger partial charge >= 0.3 is 0 Å². The van der Waals surface area contributed by atoms with Crippen molar-refractivity contribution in [2.45, 2.75) is 9.79 Å². The molecule has 0 aliphatic carbocycles. The van der Waals surface area contributed by atoms with E-state index < -0.39 is 0 Å². The first kappa shape index (κ1) is 13.4. The number of nitrogens with zero attached hydrogens (tertiary/aromatic N) is 2. The maximum absolute atomic E-state index is 11.4. The predicted octanol–water partition coefficient (Wildman–Crippen LogP) is 4.00. The van der Waals surface area contributed by atoms with E-state index in [2.05, 4.69) is 4.98 Å². The third kappa shape index (κ3) is 2.66. The molecule has 3 aromatic rings. The molecule has 0 unspecified atom stereocenters. The first-order valence-electron chi connectivity index (χ1n) is 6.14. The molecule has 1 heterocycles. The van der Waals surface area contributed by atoms with Gasteiger partial charge in [-0.1, -0.05) is 11.8 Å². The molecule has 0 saturated carbocycles. The molecule has 1 aromatic heterocycles. The summed E-state index contributed by atoms with van der Waals surface area (Å²) in [7, 11) is 0. The van der Waals surface area contributed by atoms with Crippen molar-refractivity contribution in [2.24, 2.45) is 0 Å². The summed E-state index contributed by atoms with van der Waals surface area (Å²) in [6.07, 6.45) is 1.61. The van der Waals surface area contributed by atoms with E-state index in [4.69, 9.17) is 0 Å². The minimum Gasteiger partial charge on any atom is -0.508 e. The normalized spacial score (nSPS) is 10.7. The smallest absolute Gasteiger partial charge is 0.292 e. The van der Waals surface area contributed by atoms with Gasteiger partial charge in [-0.2, -0.15) is 0 Å². The average Bonchev–Trinajstić information content (AvgIpc) is 2.49. The maximum Gasteiger partial charge on any atom is 0.292 e. The number of hydrogen-bond acceptors (Lipinski definition) is 5. The number of nitro groups is 1. The summed E-state index contributed by atoms with van der Waals surface area (Å²) >= 11 is 1.29. The van der Waals surface area contributed by atoms with Crippen LogP contribution in [-0.2, 0) is 0 Å². The largest absolute Gasteiger partial charge is 0.508 e. The Balaban J connectivity index is 2.11. The summed E-state index contributed by atoms with van der Waals surface area (Å²) in [5, 5.41) is 21.2. The minimum atomic E-state index is -0.382. The molecule has 0 saturated heterocycles. The van der Waals surface area contributed by atoms with Crippen LogP contribution in [0.15, 0.2) is 64.5 Å². The van der Waals surface area contributed by atoms with Crippen molar-refractivity contribution in [2.75, 3.05) is 0 Å². The molecule has 0 aliphatic rings. The lowest BCUT2D eigenvalue weighted by molar-refractivity contribution is -0.385. The molecule has 0 aliphatic heterocycles. The van der Waals surface area contributed by atoms with Crippen LogP contribution in [0.1, 0.15) is 0 Å². The third-order valence-electron chi connectivity index (χ3n) is 2.97. The van der Waals surface area contributed by atoms with E-state index in [1.807, 2.05) is 0 Å². The van der Waals surface area contributed by atoms with Crippen molar-refractivity contribution in [1.29, 1.82) is 0 Å². The van der Waals surface area contributed by atoms with E-state index in [-0.39, 0.29) is 16.4 Å². The lowest BCUT2D eigenvalue weighted by Crippen LogP contribution is -1.93. The molecular formula is C15H10N2O3S. The molecule has 104 valence electrons. The van der Waals surface area contributed by atoms with E-state index in [0.717, 1.165) is 4.90 Å². The Morgan fingerprint density at radius 1 is 1.10 bits per heavy atom. The van der Waals surface area contributed by atoms with Crippen molar-refractivity contribution >= 4 is 28.4 Å². The highest BCUT2D eigenvalue weighted by molar-refractivity contribution is 7.99. The number of rotatable bonds is 3. The van der Waals surface area contributed by atoms with Gasteiger partial charge in [0.15, 0.2) is 0 Å². The number of benzene rings is 2. The fourth-order valence-corrected chi connectivity index (χ4v) is 2.97. The number of pyridine rings is 1. The number of nitro benzene ring substituents is 1. The van der Waals surface area contributed by atoms with Gasteiger partial charge in [0.05, 0.1) is 20.7 Å². The van der Waals surface area contributed by atoms with Crippen LogP contribution in [0.4, 0.5) is 5.69 Å². The zero-order valence-corrected chi connectivity index (χ0v) is 11.6. The van der Waals surface area contributed by atoms with Gasteiger partial charge in [-0.25, -0.2) is 0 Å². The molecule has 0 bridgehead atoms. The predicted molar refractivity (Wildman–Crippen MR) is 80.6 cm³/mol. The maximum atomic E-state index is 11.4. The molecule has 3 rings (SSSR count). The fourth-order valence-electron chi connectivity index (χ4n) is 2.03. The summed E-state index contributed by atoms with van der Waals surface area (Å²) in [4.78, 5) is 16.5. The zero-order chi connectivity index (χ0) is 14.8. The Hall–Kier alpha value is -2.60. The van der Waals surface area contributed by atoms with E-state index >= 15 is 0 Å². The van der Waals surface area contributed by atoms with Crippen molar-refractivity contribution in [3.05, 3.63) is 64.8 Å². The minimum absolute atomic E-state index is 0.0543. The monoisotopic (exact) mass is 298 g/mol. The van der Waals surface area contributed by atoms with Gasteiger partial charge in [-0.3, -0.25) is 15.1 Å². The SMILES string of the molecule is O=[N+]([O-])c1c(Sc2ccc(O)cc2)ccc2ncccc12. The van der Waals surface area contributed by atoms with Crippen LogP contribution in [0.5, 0.6) is 5.75 Å². The van der Waals surface area contributed by atoms with Crippen LogP contribution in [0.25, 0.3) is 10.9 Å². The molecule has 21 heavy (non-hydrogen) atoms. The third-order valence-corrected chi connectivity index (χ3v) is 4.02. The van der Waals surface area contributed by atoms with Gasteiger partial charge in [-0.05, 0) is 48.5 Å². The van der Waals surface area contributed by atoms with Crippen molar-refractivity contribution < 1.29 is 10.0 Å². The van der Waals surface area contributed by atoms with Crippen LogP contribution in [0, 0.1) is 10.1 Å². The van der Waals surface area contributed by atoms with Gasteiger partial charge in [-0.15, -0.1) is 0 Å². The Bertz CT molecular complexity index is 819. The van der Waals surface area contributed by atoms with E-state index in [0.29, 0.717) is 15.8 Å². The van der Waals surface area contributed by atoms with E-state index in [1.165, 1.54) is 11.8 Å². The topological polar surface area (TPSA) is 76.3 Å². The number of fused-ring (bicyclic) bond motifs is 1. The van der Waals surface area contributed by atoms with E-state index in [9.17, 15) is 15.2 Å². The summed E-state index contributed by atoms with van der Waals surface area (Å²) in [5.74, 6) is 0.163. The van der Waals surface area contributed by atoms with Crippen LogP contribution < -0.4 is 0 Å². The Morgan fingerprint density at radius 3 is 2.57 bits per heavy atom. The van der Waals surface area contributed by atoms with Crippen LogP contribution in [0.2, 0.25) is 0 Å². The number of aromatic hydroxyl groups is 1. The fraction of sp³-hybridized carbons (Fsp3) is 0. The standard InChI is InChI=1S/C15H10N2O3S/c18-10-3-5-11(6-4-10)21-14-8-7-13-12(2-1-9-16-13)15(14)17(19)20/h1-9,18H. The molecule has 0 fully saturated rings. The highest BCUT2D eigenvalue weighted by Gasteiger charge is 2.19. The van der Waals surface area contributed by atoms with Gasteiger partial charge in [0, 0.05) is 11.1 Å². The summed E-state index contributed by atoms with van der Waals surface area (Å²) in [6, 6.07) is 13.4. The van der Waals surface area contributed by atoms with Gasteiger partial charge in [0.1, 0.15) is 5.75 Å². The molecule has 0 amide bonds. The zero-order valence-electron chi connectivity index (χ0n) is 10.8. The molecule has 5 nitrogen and oxygen atoms in total. The summed E-state index contributed by atoms with van der Waals surface area (Å²) in [5.41, 5.74) is 0.651. The van der Waals surface area contributed by atoms with Crippen LogP contribution >= 0.6 is 11.8 Å². The van der Waals surface area contributed by atoms with Crippen molar-refractivity contribution in [3.63, 3.8) is 0 Å². The summed E-state index contributed by atoms with van der Waals surface area (Å²) in [6.45, 7) is 0. The Morgan fingerprint density at radius 2 is 1.86 bits per heavy atom. The average molecular weight is 298 g/mol. The highest BCUT2D eigenvalue weighted by atomic mass is 32.2. The molecule has 6 heteroatoms. The number of phenols is 1. The number of phenolic OH excluding ortho intramolecular Hbond substituents is 1. The molecule has 2 aromatic carbocycles. The second kappa shape index (κ2) is 5.41. The molecule has 0 radical (unpaired) electrons. The van der Waals surface area contributed by atoms with Gasteiger partial charge in [0.25, 0.3) is 5.69 Å². The molecule has 1 N–H and O–H groups in total. The number of hydrogen-bond donors (Lipinski definition) is 1. The quantitative estimate of drug-likeness (QED) is 0.584. The molecular weight excluding hydrogens is 288 g/mol. The first-order chi connectivity index (χ1) is 10.1. The van der Waals surface area contributed by atoms with Gasteiger partial charge < -0.3 is 5.11 Å². The van der Waals surface area contributed by atoms with Crippen LogP contribution in [-0.4, -0.2) is 15.0 Å². The second-order valence-corrected chi connectivity index (χ2v) is 5.45. The molecule has 0 spiro atoms. The lowest BCUT2D eigenvalue weighted by atomic mass is 10.2. The van der Waals surface area contributed by atoms with Crippen molar-refractivity contribution in [1.82, 2.24) is 4.98 Å². The number of aromatic nitrogens is 1. The van der Waals surface area contributed by atoms with Gasteiger partial charge in [0.2, 0.25) is 0 Å². The molecule has 0 atom stereocenters. The first-order valence-corrected chi connectivity index (χ1v) is 6.96. The lowest BCUT2D eigenvalue weighted by Gasteiger charge is -2.06. The summed E-state index contributed by atoms with van der Waals surface area (Å²) < 4.78 is 0. The Kier molecular flexibility index (Phi) is 3.45. The Labute approximate surface area is 124 Å². The second-order valence-electron chi connectivity index (χ2n) is 4.34. The van der Waals surface area contributed by atoms with Crippen LogP contribution in [0.3, 0.4) is 0 Å². The highest BCUT2D eigenvalue weighted by Crippen LogP contribution is 2.39. The van der Waals surface area contributed by atoms with E-state index in [1.54, 1.807) is 54.7 Å².